The zero-order valence-corrected chi connectivity index (χ0v) is 14.0. The second-order valence-corrected chi connectivity index (χ2v) is 5.40. The first-order valence-corrected chi connectivity index (χ1v) is 7.92. The van der Waals surface area contributed by atoms with Gasteiger partial charge >= 0.3 is 0 Å². The fourth-order valence-electron chi connectivity index (χ4n) is 2.12. The van der Waals surface area contributed by atoms with Gasteiger partial charge in [0, 0.05) is 24.9 Å². The molecule has 0 saturated heterocycles. The van der Waals surface area contributed by atoms with Crippen LogP contribution in [-0.2, 0) is 11.3 Å². The normalized spacial score (nSPS) is 11.6. The van der Waals surface area contributed by atoms with Crippen LogP contribution in [-0.4, -0.2) is 24.0 Å². The largest absolute Gasteiger partial charge is 0.497 e. The van der Waals surface area contributed by atoms with Crippen LogP contribution < -0.4 is 20.5 Å². The van der Waals surface area contributed by atoms with Gasteiger partial charge in [0.1, 0.15) is 11.5 Å². The number of nitrogens with two attached hydrogens (primary N) is 1. The van der Waals surface area contributed by atoms with E-state index in [0.29, 0.717) is 24.6 Å². The first-order chi connectivity index (χ1) is 11.6. The fourth-order valence-corrected chi connectivity index (χ4v) is 2.12. The first-order valence-electron chi connectivity index (χ1n) is 7.92. The van der Waals surface area contributed by atoms with Gasteiger partial charge in [-0.15, -0.1) is 0 Å². The highest BCUT2D eigenvalue weighted by Gasteiger charge is 2.11. The van der Waals surface area contributed by atoms with Crippen molar-refractivity contribution in [3.63, 3.8) is 0 Å². The Morgan fingerprint density at radius 2 is 2.08 bits per heavy atom. The molecule has 1 amide bonds. The van der Waals surface area contributed by atoms with E-state index in [0.717, 1.165) is 17.7 Å². The van der Waals surface area contributed by atoms with Crippen LogP contribution in [0.2, 0.25) is 0 Å². The zero-order valence-electron chi connectivity index (χ0n) is 14.0. The van der Waals surface area contributed by atoms with Crippen molar-refractivity contribution in [1.29, 1.82) is 0 Å². The molecule has 1 heterocycles. The molecule has 1 aromatic carbocycles. The van der Waals surface area contributed by atoms with E-state index in [1.807, 2.05) is 31.2 Å². The van der Waals surface area contributed by atoms with Crippen molar-refractivity contribution in [2.45, 2.75) is 32.4 Å². The summed E-state index contributed by atoms with van der Waals surface area (Å²) in [6.07, 6.45) is 3.23. The van der Waals surface area contributed by atoms with E-state index in [-0.39, 0.29) is 5.91 Å². The van der Waals surface area contributed by atoms with Crippen LogP contribution in [0.3, 0.4) is 0 Å². The Balaban J connectivity index is 1.89. The summed E-state index contributed by atoms with van der Waals surface area (Å²) < 4.78 is 10.8. The third-order valence-corrected chi connectivity index (χ3v) is 3.46. The Labute approximate surface area is 142 Å². The number of nitrogens with zero attached hydrogens (tertiary/aromatic N) is 1. The van der Waals surface area contributed by atoms with Gasteiger partial charge in [0.2, 0.25) is 11.8 Å². The Kier molecular flexibility index (Phi) is 6.57. The van der Waals surface area contributed by atoms with Gasteiger partial charge in [-0.25, -0.2) is 4.98 Å². The highest BCUT2D eigenvalue weighted by molar-refractivity contribution is 5.81. The predicted molar refractivity (Wildman–Crippen MR) is 92.0 cm³/mol. The van der Waals surface area contributed by atoms with Gasteiger partial charge in [0.25, 0.3) is 0 Å². The standard InChI is InChI=1S/C18H23N3O3/c1-3-5-16(19)18(22)21-12-13-8-9-17(20-11-13)24-15-7-4-6-14(10-15)23-2/h4,6-11,16H,3,5,12,19H2,1-2H3,(H,21,22). The molecule has 0 bridgehead atoms. The minimum atomic E-state index is -0.460. The highest BCUT2D eigenvalue weighted by atomic mass is 16.5. The molecule has 0 aliphatic carbocycles. The first kappa shape index (κ1) is 17.7. The molecule has 128 valence electrons. The van der Waals surface area contributed by atoms with Crippen LogP contribution in [0, 0.1) is 0 Å². The number of methoxy groups -OCH3 is 1. The van der Waals surface area contributed by atoms with E-state index >= 15 is 0 Å². The second-order valence-electron chi connectivity index (χ2n) is 5.40. The average molecular weight is 329 g/mol. The number of aromatic nitrogens is 1. The molecule has 24 heavy (non-hydrogen) atoms. The van der Waals surface area contributed by atoms with Crippen LogP contribution in [0.5, 0.6) is 17.4 Å². The van der Waals surface area contributed by atoms with Crippen molar-refractivity contribution >= 4 is 5.91 Å². The van der Waals surface area contributed by atoms with Crippen molar-refractivity contribution in [3.8, 4) is 17.4 Å². The van der Waals surface area contributed by atoms with Crippen molar-refractivity contribution in [1.82, 2.24) is 10.3 Å². The molecule has 1 aromatic heterocycles. The van der Waals surface area contributed by atoms with Crippen LogP contribution in [0.1, 0.15) is 25.3 Å². The second kappa shape index (κ2) is 8.88. The SMILES string of the molecule is CCCC(N)C(=O)NCc1ccc(Oc2cccc(OC)c2)nc1. The van der Waals surface area contributed by atoms with E-state index in [2.05, 4.69) is 10.3 Å². The number of hydrogen-bond donors (Lipinski definition) is 2. The molecule has 0 aliphatic heterocycles. The molecule has 1 atom stereocenters. The van der Waals surface area contributed by atoms with E-state index in [1.54, 1.807) is 25.4 Å². The van der Waals surface area contributed by atoms with Crippen molar-refractivity contribution in [2.75, 3.05) is 7.11 Å². The molecule has 6 nitrogen and oxygen atoms in total. The molecule has 3 N–H and O–H groups in total. The Morgan fingerprint density at radius 3 is 2.75 bits per heavy atom. The lowest BCUT2D eigenvalue weighted by atomic mass is 10.1. The lowest BCUT2D eigenvalue weighted by molar-refractivity contribution is -0.122. The summed E-state index contributed by atoms with van der Waals surface area (Å²) in [5.41, 5.74) is 6.65. The summed E-state index contributed by atoms with van der Waals surface area (Å²) in [5.74, 6) is 1.69. The maximum atomic E-state index is 11.8. The predicted octanol–water partition coefficient (Wildman–Crippen LogP) is 2.63. The van der Waals surface area contributed by atoms with Crippen molar-refractivity contribution in [2.24, 2.45) is 5.73 Å². The van der Waals surface area contributed by atoms with Crippen LogP contribution in [0.4, 0.5) is 0 Å². The molecule has 1 unspecified atom stereocenters. The summed E-state index contributed by atoms with van der Waals surface area (Å²) in [7, 11) is 1.60. The third-order valence-electron chi connectivity index (χ3n) is 3.46. The number of rotatable bonds is 8. The number of pyridine rings is 1. The van der Waals surface area contributed by atoms with Crippen LogP contribution in [0.15, 0.2) is 42.6 Å². The van der Waals surface area contributed by atoms with Gasteiger partial charge in [-0.3, -0.25) is 4.79 Å². The van der Waals surface area contributed by atoms with Gasteiger partial charge in [0.15, 0.2) is 0 Å². The minimum absolute atomic E-state index is 0.145. The third kappa shape index (κ3) is 5.24. The highest BCUT2D eigenvalue weighted by Crippen LogP contribution is 2.23. The lowest BCUT2D eigenvalue weighted by Crippen LogP contribution is -2.40. The molecule has 0 radical (unpaired) electrons. The molecule has 0 aliphatic rings. The van der Waals surface area contributed by atoms with Gasteiger partial charge in [-0.2, -0.15) is 0 Å². The molecule has 0 saturated carbocycles. The van der Waals surface area contributed by atoms with Crippen LogP contribution in [0.25, 0.3) is 0 Å². The van der Waals surface area contributed by atoms with Gasteiger partial charge in [-0.05, 0) is 24.1 Å². The maximum Gasteiger partial charge on any atom is 0.237 e. The molecular weight excluding hydrogens is 306 g/mol. The van der Waals surface area contributed by atoms with Crippen molar-refractivity contribution < 1.29 is 14.3 Å². The number of carbonyl (C=O) groups excluding carboxylic acids is 1. The number of benzene rings is 1. The molecule has 2 rings (SSSR count). The van der Waals surface area contributed by atoms with Gasteiger partial charge < -0.3 is 20.5 Å². The van der Waals surface area contributed by atoms with Gasteiger partial charge in [0.05, 0.1) is 13.2 Å². The number of ether oxygens (including phenoxy) is 2. The fraction of sp³-hybridized carbons (Fsp3) is 0.333. The molecule has 0 spiro atoms. The topological polar surface area (TPSA) is 86.5 Å². The molecule has 6 heteroatoms. The molecule has 2 aromatic rings. The number of nitrogens with one attached hydrogen (secondary N) is 1. The van der Waals surface area contributed by atoms with Crippen LogP contribution >= 0.6 is 0 Å². The Hall–Kier alpha value is -2.60. The van der Waals surface area contributed by atoms with Gasteiger partial charge in [-0.1, -0.05) is 25.5 Å². The summed E-state index contributed by atoms with van der Waals surface area (Å²) in [4.78, 5) is 16.0. The number of carbonyl (C=O) groups is 1. The van der Waals surface area contributed by atoms with Crippen molar-refractivity contribution in [3.05, 3.63) is 48.2 Å². The Morgan fingerprint density at radius 1 is 1.29 bits per heavy atom. The summed E-state index contributed by atoms with van der Waals surface area (Å²) in [6.45, 7) is 2.39. The zero-order chi connectivity index (χ0) is 17.4. The average Bonchev–Trinajstić information content (AvgIpc) is 2.61. The quantitative estimate of drug-likeness (QED) is 0.777. The summed E-state index contributed by atoms with van der Waals surface area (Å²) in [6, 6.07) is 10.4. The molecule has 0 fully saturated rings. The number of amides is 1. The smallest absolute Gasteiger partial charge is 0.237 e. The van der Waals surface area contributed by atoms with E-state index in [4.69, 9.17) is 15.2 Å². The number of hydrogen-bond acceptors (Lipinski definition) is 5. The van der Waals surface area contributed by atoms with E-state index in [9.17, 15) is 4.79 Å². The van der Waals surface area contributed by atoms with E-state index < -0.39 is 6.04 Å². The minimum Gasteiger partial charge on any atom is -0.497 e. The summed E-state index contributed by atoms with van der Waals surface area (Å²) >= 11 is 0. The van der Waals surface area contributed by atoms with E-state index in [1.165, 1.54) is 0 Å². The maximum absolute atomic E-state index is 11.8. The molecular formula is C18H23N3O3. The lowest BCUT2D eigenvalue weighted by Gasteiger charge is -2.11. The monoisotopic (exact) mass is 329 g/mol. The Bertz CT molecular complexity index is 659. The summed E-state index contributed by atoms with van der Waals surface area (Å²) in [5, 5.41) is 2.81.